The minimum atomic E-state index is 0.583. The molecule has 4 rings (SSSR count). The molecule has 0 nitrogen and oxygen atoms in total. The standard InChI is InChI=1S/C20H32/c1-14-8-12-20(3)15(13-14)6-7-16-17-5-4-10-19(17,2)11-9-18(16)20/h9,14-17H,4-8,10-13H2,1-3H3. The van der Waals surface area contributed by atoms with Crippen molar-refractivity contribution in [3.05, 3.63) is 11.6 Å². The molecular weight excluding hydrogens is 240 g/mol. The van der Waals surface area contributed by atoms with Crippen LogP contribution in [0.15, 0.2) is 11.6 Å². The van der Waals surface area contributed by atoms with Crippen molar-refractivity contribution in [2.45, 2.75) is 78.6 Å². The number of hydrogen-bond acceptors (Lipinski definition) is 0. The predicted octanol–water partition coefficient (Wildman–Crippen LogP) is 5.98. The molecule has 0 N–H and O–H groups in total. The number of fused-ring (bicyclic) bond motifs is 5. The molecule has 6 unspecified atom stereocenters. The molecule has 0 aromatic heterocycles. The summed E-state index contributed by atoms with van der Waals surface area (Å²) < 4.78 is 0. The first-order valence-electron chi connectivity index (χ1n) is 9.23. The molecule has 0 heterocycles. The van der Waals surface area contributed by atoms with Gasteiger partial charge in [-0.2, -0.15) is 0 Å². The molecule has 0 radical (unpaired) electrons. The lowest BCUT2D eigenvalue weighted by atomic mass is 9.49. The highest BCUT2D eigenvalue weighted by Gasteiger charge is 2.54. The zero-order valence-electron chi connectivity index (χ0n) is 13.8. The van der Waals surface area contributed by atoms with Crippen LogP contribution in [0, 0.1) is 34.5 Å². The van der Waals surface area contributed by atoms with Gasteiger partial charge in [0.15, 0.2) is 0 Å². The molecule has 0 heteroatoms. The molecule has 4 aliphatic carbocycles. The molecule has 3 fully saturated rings. The van der Waals surface area contributed by atoms with E-state index in [0.717, 1.165) is 23.7 Å². The van der Waals surface area contributed by atoms with Crippen molar-refractivity contribution >= 4 is 0 Å². The average molecular weight is 272 g/mol. The van der Waals surface area contributed by atoms with Crippen LogP contribution in [0.4, 0.5) is 0 Å². The van der Waals surface area contributed by atoms with Crippen molar-refractivity contribution in [1.29, 1.82) is 0 Å². The summed E-state index contributed by atoms with van der Waals surface area (Å²) >= 11 is 0. The second-order valence-electron chi connectivity index (χ2n) is 9.19. The lowest BCUT2D eigenvalue weighted by molar-refractivity contribution is 0.0296. The van der Waals surface area contributed by atoms with Crippen molar-refractivity contribution in [3.8, 4) is 0 Å². The van der Waals surface area contributed by atoms with Crippen molar-refractivity contribution in [3.63, 3.8) is 0 Å². The maximum Gasteiger partial charge on any atom is -0.00851 e. The Hall–Kier alpha value is -0.260. The summed E-state index contributed by atoms with van der Waals surface area (Å²) in [6, 6.07) is 0. The summed E-state index contributed by atoms with van der Waals surface area (Å²) in [5, 5.41) is 0. The van der Waals surface area contributed by atoms with Gasteiger partial charge in [0.1, 0.15) is 0 Å². The fourth-order valence-electron chi connectivity index (χ4n) is 6.74. The Kier molecular flexibility index (Phi) is 2.93. The number of allylic oxidation sites excluding steroid dienone is 2. The van der Waals surface area contributed by atoms with Gasteiger partial charge in [0.2, 0.25) is 0 Å². The van der Waals surface area contributed by atoms with E-state index >= 15 is 0 Å². The molecule has 4 aliphatic rings. The van der Waals surface area contributed by atoms with Crippen LogP contribution in [0.5, 0.6) is 0 Å². The molecule has 0 spiro atoms. The molecule has 3 saturated carbocycles. The summed E-state index contributed by atoms with van der Waals surface area (Å²) in [7, 11) is 0. The van der Waals surface area contributed by atoms with Gasteiger partial charge in [-0.25, -0.2) is 0 Å². The Morgan fingerprint density at radius 3 is 2.75 bits per heavy atom. The Morgan fingerprint density at radius 1 is 1.05 bits per heavy atom. The van der Waals surface area contributed by atoms with Crippen LogP contribution in [0.2, 0.25) is 0 Å². The van der Waals surface area contributed by atoms with Crippen LogP contribution in [0.25, 0.3) is 0 Å². The van der Waals surface area contributed by atoms with E-state index in [1.165, 1.54) is 57.8 Å². The molecule has 6 atom stereocenters. The van der Waals surface area contributed by atoms with E-state index in [-0.39, 0.29) is 0 Å². The van der Waals surface area contributed by atoms with Crippen molar-refractivity contribution in [2.75, 3.05) is 0 Å². The van der Waals surface area contributed by atoms with Gasteiger partial charge in [0, 0.05) is 0 Å². The minimum Gasteiger partial charge on any atom is -0.0839 e. The van der Waals surface area contributed by atoms with Crippen LogP contribution in [0.1, 0.15) is 78.6 Å². The normalized spacial score (nSPS) is 54.6. The van der Waals surface area contributed by atoms with Gasteiger partial charge < -0.3 is 0 Å². The van der Waals surface area contributed by atoms with Crippen LogP contribution in [-0.4, -0.2) is 0 Å². The largest absolute Gasteiger partial charge is 0.0839 e. The van der Waals surface area contributed by atoms with E-state index in [1.54, 1.807) is 0 Å². The third-order valence-electron chi connectivity index (χ3n) is 8.06. The van der Waals surface area contributed by atoms with Crippen LogP contribution >= 0.6 is 0 Å². The highest BCUT2D eigenvalue weighted by molar-refractivity contribution is 5.28. The predicted molar refractivity (Wildman–Crippen MR) is 85.5 cm³/mol. The maximum atomic E-state index is 2.74. The fourth-order valence-corrected chi connectivity index (χ4v) is 6.74. The second kappa shape index (κ2) is 4.37. The smallest absolute Gasteiger partial charge is 0.00851 e. The van der Waals surface area contributed by atoms with Gasteiger partial charge in [-0.05, 0) is 85.9 Å². The van der Waals surface area contributed by atoms with E-state index in [2.05, 4.69) is 26.8 Å². The summed E-state index contributed by atoms with van der Waals surface area (Å²) in [4.78, 5) is 0. The van der Waals surface area contributed by atoms with E-state index in [1.807, 2.05) is 5.57 Å². The lowest BCUT2D eigenvalue weighted by Gasteiger charge is -2.56. The van der Waals surface area contributed by atoms with E-state index in [4.69, 9.17) is 0 Å². The SMILES string of the molecule is CC1CCC2(C)C3=CCC4(C)CCCC4C3CCC2C1. The molecule has 0 aliphatic heterocycles. The van der Waals surface area contributed by atoms with E-state index in [0.29, 0.717) is 10.8 Å². The van der Waals surface area contributed by atoms with Crippen LogP contribution in [0.3, 0.4) is 0 Å². The molecule has 0 aromatic rings. The molecular formula is C20H32. The Balaban J connectivity index is 1.69. The zero-order valence-corrected chi connectivity index (χ0v) is 13.8. The fraction of sp³-hybridized carbons (Fsp3) is 0.900. The number of hydrogen-bond donors (Lipinski definition) is 0. The molecule has 0 bridgehead atoms. The van der Waals surface area contributed by atoms with Crippen LogP contribution in [-0.2, 0) is 0 Å². The summed E-state index contributed by atoms with van der Waals surface area (Å²) in [6.45, 7) is 7.71. The van der Waals surface area contributed by atoms with Gasteiger partial charge >= 0.3 is 0 Å². The topological polar surface area (TPSA) is 0 Å². The quantitative estimate of drug-likeness (QED) is 0.476. The second-order valence-corrected chi connectivity index (χ2v) is 9.19. The van der Waals surface area contributed by atoms with E-state index < -0.39 is 0 Å². The summed E-state index contributed by atoms with van der Waals surface area (Å²) in [5.41, 5.74) is 3.18. The lowest BCUT2D eigenvalue weighted by Crippen LogP contribution is -2.46. The number of rotatable bonds is 0. The zero-order chi connectivity index (χ0) is 14.0. The Labute approximate surface area is 125 Å². The first-order chi connectivity index (χ1) is 9.53. The van der Waals surface area contributed by atoms with Gasteiger partial charge in [0.25, 0.3) is 0 Å². The molecule has 112 valence electrons. The van der Waals surface area contributed by atoms with Gasteiger partial charge in [-0.1, -0.05) is 38.8 Å². The van der Waals surface area contributed by atoms with E-state index in [9.17, 15) is 0 Å². The Morgan fingerprint density at radius 2 is 1.90 bits per heavy atom. The first-order valence-corrected chi connectivity index (χ1v) is 9.23. The van der Waals surface area contributed by atoms with Crippen LogP contribution < -0.4 is 0 Å². The summed E-state index contributed by atoms with van der Waals surface area (Å²) in [6.07, 6.45) is 16.1. The molecule has 0 amide bonds. The van der Waals surface area contributed by atoms with Gasteiger partial charge in [-0.3, -0.25) is 0 Å². The molecule has 0 saturated heterocycles. The highest BCUT2D eigenvalue weighted by atomic mass is 14.6. The maximum absolute atomic E-state index is 2.74. The third-order valence-corrected chi connectivity index (χ3v) is 8.06. The van der Waals surface area contributed by atoms with Crippen molar-refractivity contribution < 1.29 is 0 Å². The highest BCUT2D eigenvalue weighted by Crippen LogP contribution is 2.64. The molecule has 20 heavy (non-hydrogen) atoms. The monoisotopic (exact) mass is 272 g/mol. The third kappa shape index (κ3) is 1.72. The minimum absolute atomic E-state index is 0.583. The molecule has 0 aromatic carbocycles. The van der Waals surface area contributed by atoms with Gasteiger partial charge in [-0.15, -0.1) is 0 Å². The van der Waals surface area contributed by atoms with Crippen molar-refractivity contribution in [1.82, 2.24) is 0 Å². The van der Waals surface area contributed by atoms with Gasteiger partial charge in [0.05, 0.1) is 0 Å². The van der Waals surface area contributed by atoms with Crippen molar-refractivity contribution in [2.24, 2.45) is 34.5 Å². The average Bonchev–Trinajstić information content (AvgIpc) is 2.81. The first kappa shape index (κ1) is 13.4. The summed E-state index contributed by atoms with van der Waals surface area (Å²) in [5.74, 6) is 3.97. The Bertz CT molecular complexity index is 433.